The normalized spacial score (nSPS) is 12.3. The van der Waals surface area contributed by atoms with Gasteiger partial charge in [-0.05, 0) is 47.1 Å². The SMILES string of the molecule is CC(NC(=O)c1cccc(Br)n1)c1nc2ccccc2[nH]1. The second-order valence-corrected chi connectivity index (χ2v) is 5.49. The lowest BCUT2D eigenvalue weighted by atomic mass is 10.3. The van der Waals surface area contributed by atoms with Gasteiger partial charge >= 0.3 is 0 Å². The number of aromatic nitrogens is 3. The van der Waals surface area contributed by atoms with Crippen LogP contribution in [0.25, 0.3) is 11.0 Å². The van der Waals surface area contributed by atoms with E-state index in [9.17, 15) is 4.79 Å². The molecule has 0 aliphatic heterocycles. The fourth-order valence-electron chi connectivity index (χ4n) is 2.05. The van der Waals surface area contributed by atoms with Crippen molar-refractivity contribution in [2.45, 2.75) is 13.0 Å². The summed E-state index contributed by atoms with van der Waals surface area (Å²) in [5.74, 6) is 0.490. The summed E-state index contributed by atoms with van der Waals surface area (Å²) >= 11 is 3.26. The first-order valence-corrected chi connectivity index (χ1v) is 7.31. The van der Waals surface area contributed by atoms with Gasteiger partial charge < -0.3 is 10.3 Å². The van der Waals surface area contributed by atoms with Gasteiger partial charge in [0.15, 0.2) is 0 Å². The summed E-state index contributed by atoms with van der Waals surface area (Å²) in [5.41, 5.74) is 2.20. The fourth-order valence-corrected chi connectivity index (χ4v) is 2.39. The van der Waals surface area contributed by atoms with Gasteiger partial charge in [0, 0.05) is 0 Å². The summed E-state index contributed by atoms with van der Waals surface area (Å²) < 4.78 is 0.631. The highest BCUT2D eigenvalue weighted by molar-refractivity contribution is 9.10. The molecule has 1 aromatic carbocycles. The molecule has 2 aromatic heterocycles. The number of imidazole rings is 1. The number of fused-ring (bicyclic) bond motifs is 1. The van der Waals surface area contributed by atoms with Crippen molar-refractivity contribution in [2.75, 3.05) is 0 Å². The largest absolute Gasteiger partial charge is 0.341 e. The molecule has 0 aliphatic carbocycles. The van der Waals surface area contributed by atoms with Crippen molar-refractivity contribution < 1.29 is 4.79 Å². The van der Waals surface area contributed by atoms with E-state index in [2.05, 4.69) is 36.2 Å². The standard InChI is InChI=1S/C15H13BrN4O/c1-9(14-19-10-5-2-3-6-11(10)20-14)17-15(21)12-7-4-8-13(16)18-12/h2-9H,1H3,(H,17,21)(H,19,20). The van der Waals surface area contributed by atoms with E-state index in [0.29, 0.717) is 10.3 Å². The van der Waals surface area contributed by atoms with Gasteiger partial charge in [-0.3, -0.25) is 4.79 Å². The molecule has 3 rings (SSSR count). The van der Waals surface area contributed by atoms with Crippen molar-refractivity contribution in [1.82, 2.24) is 20.3 Å². The van der Waals surface area contributed by atoms with Crippen molar-refractivity contribution >= 4 is 32.9 Å². The third-order valence-electron chi connectivity index (χ3n) is 3.11. The number of amides is 1. The molecule has 0 radical (unpaired) electrons. The summed E-state index contributed by atoms with van der Waals surface area (Å²) in [5, 5.41) is 2.88. The molecule has 1 atom stereocenters. The average molecular weight is 345 g/mol. The zero-order valence-electron chi connectivity index (χ0n) is 11.3. The summed E-state index contributed by atoms with van der Waals surface area (Å²) in [4.78, 5) is 24.0. The van der Waals surface area contributed by atoms with Gasteiger partial charge in [0.05, 0.1) is 17.1 Å². The first-order chi connectivity index (χ1) is 10.1. The van der Waals surface area contributed by atoms with E-state index >= 15 is 0 Å². The minimum atomic E-state index is -0.232. The smallest absolute Gasteiger partial charge is 0.270 e. The maximum absolute atomic E-state index is 12.2. The average Bonchev–Trinajstić information content (AvgIpc) is 2.91. The number of benzene rings is 1. The quantitative estimate of drug-likeness (QED) is 0.716. The van der Waals surface area contributed by atoms with Crippen molar-refractivity contribution in [3.63, 3.8) is 0 Å². The van der Waals surface area contributed by atoms with Crippen LogP contribution < -0.4 is 5.32 Å². The number of aromatic amines is 1. The Hall–Kier alpha value is -2.21. The molecule has 0 aliphatic rings. The molecule has 5 nitrogen and oxygen atoms in total. The Morgan fingerprint density at radius 1 is 1.19 bits per heavy atom. The van der Waals surface area contributed by atoms with Crippen LogP contribution in [-0.4, -0.2) is 20.9 Å². The molecule has 0 spiro atoms. The van der Waals surface area contributed by atoms with Crippen LogP contribution in [0, 0.1) is 0 Å². The van der Waals surface area contributed by atoms with E-state index in [0.717, 1.165) is 16.9 Å². The second-order valence-electron chi connectivity index (χ2n) is 4.68. The third kappa shape index (κ3) is 2.95. The van der Waals surface area contributed by atoms with E-state index in [1.165, 1.54) is 0 Å². The van der Waals surface area contributed by atoms with Gasteiger partial charge in [-0.25, -0.2) is 9.97 Å². The molecule has 1 unspecified atom stereocenters. The monoisotopic (exact) mass is 344 g/mol. The zero-order valence-corrected chi connectivity index (χ0v) is 12.9. The highest BCUT2D eigenvalue weighted by Crippen LogP contribution is 2.16. The number of nitrogens with one attached hydrogen (secondary N) is 2. The molecule has 0 saturated carbocycles. The topological polar surface area (TPSA) is 70.7 Å². The fraction of sp³-hybridized carbons (Fsp3) is 0.133. The number of rotatable bonds is 3. The number of H-pyrrole nitrogens is 1. The van der Waals surface area contributed by atoms with Gasteiger partial charge in [0.1, 0.15) is 16.1 Å². The number of carbonyl (C=O) groups is 1. The van der Waals surface area contributed by atoms with E-state index in [1.54, 1.807) is 18.2 Å². The molecule has 3 aromatic rings. The predicted octanol–water partition coefficient (Wildman–Crippen LogP) is 3.21. The summed E-state index contributed by atoms with van der Waals surface area (Å²) in [6.07, 6.45) is 0. The number of hydrogen-bond acceptors (Lipinski definition) is 3. The van der Waals surface area contributed by atoms with Crippen LogP contribution in [0.1, 0.15) is 29.3 Å². The van der Waals surface area contributed by atoms with Crippen LogP contribution in [-0.2, 0) is 0 Å². The van der Waals surface area contributed by atoms with Gasteiger partial charge in [-0.15, -0.1) is 0 Å². The molecular formula is C15H13BrN4O. The number of pyridine rings is 1. The number of nitrogens with zero attached hydrogens (tertiary/aromatic N) is 2. The molecule has 106 valence electrons. The summed E-state index contributed by atoms with van der Waals surface area (Å²) in [7, 11) is 0. The van der Waals surface area contributed by atoms with Crippen LogP contribution >= 0.6 is 15.9 Å². The Balaban J connectivity index is 1.79. The maximum atomic E-state index is 12.2. The van der Waals surface area contributed by atoms with Crippen molar-refractivity contribution in [2.24, 2.45) is 0 Å². The first kappa shape index (κ1) is 13.8. The van der Waals surface area contributed by atoms with Gasteiger partial charge in [-0.2, -0.15) is 0 Å². The van der Waals surface area contributed by atoms with Crippen molar-refractivity contribution in [3.05, 3.63) is 58.6 Å². The predicted molar refractivity (Wildman–Crippen MR) is 83.9 cm³/mol. The third-order valence-corrected chi connectivity index (χ3v) is 3.55. The Morgan fingerprint density at radius 3 is 2.76 bits per heavy atom. The Bertz CT molecular complexity index is 766. The second kappa shape index (κ2) is 5.65. The summed E-state index contributed by atoms with van der Waals surface area (Å²) in [6.45, 7) is 1.88. The molecule has 0 bridgehead atoms. The molecule has 0 saturated heterocycles. The van der Waals surface area contributed by atoms with Gasteiger partial charge in [0.25, 0.3) is 5.91 Å². The molecule has 6 heteroatoms. The van der Waals surface area contributed by atoms with Crippen LogP contribution in [0.5, 0.6) is 0 Å². The highest BCUT2D eigenvalue weighted by atomic mass is 79.9. The maximum Gasteiger partial charge on any atom is 0.270 e. The van der Waals surface area contributed by atoms with Gasteiger partial charge in [0.2, 0.25) is 0 Å². The van der Waals surface area contributed by atoms with E-state index < -0.39 is 0 Å². The summed E-state index contributed by atoms with van der Waals surface area (Å²) in [6, 6.07) is 12.8. The van der Waals surface area contributed by atoms with Crippen LogP contribution in [0.4, 0.5) is 0 Å². The molecule has 1 amide bonds. The van der Waals surface area contributed by atoms with Crippen LogP contribution in [0.3, 0.4) is 0 Å². The number of hydrogen-bond donors (Lipinski definition) is 2. The minimum absolute atomic E-state index is 0.231. The Kier molecular flexibility index (Phi) is 3.70. The number of carbonyl (C=O) groups excluding carboxylic acids is 1. The van der Waals surface area contributed by atoms with Crippen LogP contribution in [0.15, 0.2) is 47.1 Å². The molecule has 21 heavy (non-hydrogen) atoms. The lowest BCUT2D eigenvalue weighted by Gasteiger charge is -2.11. The highest BCUT2D eigenvalue weighted by Gasteiger charge is 2.15. The lowest BCUT2D eigenvalue weighted by molar-refractivity contribution is 0.0933. The lowest BCUT2D eigenvalue weighted by Crippen LogP contribution is -2.28. The Labute approximate surface area is 129 Å². The minimum Gasteiger partial charge on any atom is -0.341 e. The van der Waals surface area contributed by atoms with Crippen LogP contribution in [0.2, 0.25) is 0 Å². The van der Waals surface area contributed by atoms with Gasteiger partial charge in [-0.1, -0.05) is 18.2 Å². The van der Waals surface area contributed by atoms with Crippen molar-refractivity contribution in [3.8, 4) is 0 Å². The van der Waals surface area contributed by atoms with E-state index in [-0.39, 0.29) is 11.9 Å². The van der Waals surface area contributed by atoms with Crippen molar-refractivity contribution in [1.29, 1.82) is 0 Å². The Morgan fingerprint density at radius 2 is 2.00 bits per heavy atom. The zero-order chi connectivity index (χ0) is 14.8. The number of para-hydroxylation sites is 2. The molecular weight excluding hydrogens is 332 g/mol. The molecule has 0 fully saturated rings. The molecule has 2 N–H and O–H groups in total. The first-order valence-electron chi connectivity index (χ1n) is 6.51. The molecule has 2 heterocycles. The van der Waals surface area contributed by atoms with E-state index in [1.807, 2.05) is 31.2 Å². The number of halogens is 1. The van der Waals surface area contributed by atoms with E-state index in [4.69, 9.17) is 0 Å².